The van der Waals surface area contributed by atoms with Crippen LogP contribution in [0.3, 0.4) is 0 Å². The Morgan fingerprint density at radius 3 is 2.76 bits per heavy atom. The van der Waals surface area contributed by atoms with E-state index in [-0.39, 0.29) is 17.2 Å². The quantitative estimate of drug-likeness (QED) is 0.802. The maximum Gasteiger partial charge on any atom is 0.298 e. The highest BCUT2D eigenvalue weighted by Gasteiger charge is 2.29. The Balaban J connectivity index is 2.60. The van der Waals surface area contributed by atoms with E-state index in [4.69, 9.17) is 10.5 Å². The summed E-state index contributed by atoms with van der Waals surface area (Å²) in [5.74, 6) is -0.533. The molecule has 2 amide bonds. The first-order valence-electron chi connectivity index (χ1n) is 6.95. The zero-order valence-electron chi connectivity index (χ0n) is 11.9. The van der Waals surface area contributed by atoms with Gasteiger partial charge in [-0.05, 0) is 30.5 Å². The van der Waals surface area contributed by atoms with Gasteiger partial charge in [0.1, 0.15) is 0 Å². The number of hydrogen-bond donors (Lipinski definition) is 1. The highest BCUT2D eigenvalue weighted by atomic mass is 16.5. The SMILES string of the molecule is CCCc1cc(OC=O)c(N2CCCC2=O)c(C(N)=O)c1. The zero-order chi connectivity index (χ0) is 15.4. The summed E-state index contributed by atoms with van der Waals surface area (Å²) in [6.45, 7) is 2.78. The van der Waals surface area contributed by atoms with Crippen LogP contribution in [0.2, 0.25) is 0 Å². The summed E-state index contributed by atoms with van der Waals surface area (Å²) >= 11 is 0. The summed E-state index contributed by atoms with van der Waals surface area (Å²) < 4.78 is 4.99. The molecule has 21 heavy (non-hydrogen) atoms. The molecule has 1 aliphatic heterocycles. The standard InChI is InChI=1S/C15H18N2O4/c1-2-4-10-7-11(15(16)20)14(12(8-10)21-9-18)17-6-3-5-13(17)19/h7-9H,2-6H2,1H3,(H2,16,20). The molecule has 1 aliphatic rings. The second-order valence-electron chi connectivity index (χ2n) is 4.97. The van der Waals surface area contributed by atoms with Crippen LogP contribution in [0.5, 0.6) is 5.75 Å². The summed E-state index contributed by atoms with van der Waals surface area (Å²) in [7, 11) is 0. The van der Waals surface area contributed by atoms with Crippen molar-refractivity contribution in [3.05, 3.63) is 23.3 Å². The van der Waals surface area contributed by atoms with Crippen molar-refractivity contribution in [2.45, 2.75) is 32.6 Å². The molecule has 1 saturated heterocycles. The van der Waals surface area contributed by atoms with E-state index >= 15 is 0 Å². The van der Waals surface area contributed by atoms with Gasteiger partial charge in [-0.25, -0.2) is 0 Å². The number of nitrogens with zero attached hydrogens (tertiary/aromatic N) is 1. The van der Waals surface area contributed by atoms with Gasteiger partial charge < -0.3 is 15.4 Å². The molecule has 2 rings (SSSR count). The number of rotatable bonds is 6. The topological polar surface area (TPSA) is 89.7 Å². The van der Waals surface area contributed by atoms with Crippen molar-refractivity contribution >= 4 is 24.0 Å². The first kappa shape index (κ1) is 15.0. The van der Waals surface area contributed by atoms with Crippen molar-refractivity contribution in [2.24, 2.45) is 5.73 Å². The lowest BCUT2D eigenvalue weighted by molar-refractivity contribution is -0.121. The Morgan fingerprint density at radius 2 is 2.24 bits per heavy atom. The average molecular weight is 290 g/mol. The molecule has 0 radical (unpaired) electrons. The molecule has 1 heterocycles. The zero-order valence-corrected chi connectivity index (χ0v) is 11.9. The molecule has 1 fully saturated rings. The first-order chi connectivity index (χ1) is 10.1. The van der Waals surface area contributed by atoms with E-state index in [1.165, 1.54) is 4.90 Å². The van der Waals surface area contributed by atoms with Crippen LogP contribution >= 0.6 is 0 Å². The molecule has 0 aliphatic carbocycles. The minimum absolute atomic E-state index is 0.100. The Morgan fingerprint density at radius 1 is 1.48 bits per heavy atom. The van der Waals surface area contributed by atoms with Crippen LogP contribution < -0.4 is 15.4 Å². The van der Waals surface area contributed by atoms with Gasteiger partial charge in [0.15, 0.2) is 5.75 Å². The number of ether oxygens (including phenoxy) is 1. The third-order valence-corrected chi connectivity index (χ3v) is 3.46. The monoisotopic (exact) mass is 290 g/mol. The maximum atomic E-state index is 11.9. The number of carbonyl (C=O) groups is 3. The molecule has 0 spiro atoms. The molecule has 0 saturated carbocycles. The van der Waals surface area contributed by atoms with Crippen molar-refractivity contribution in [3.63, 3.8) is 0 Å². The molecule has 0 atom stereocenters. The van der Waals surface area contributed by atoms with Crippen LogP contribution in [0, 0.1) is 0 Å². The van der Waals surface area contributed by atoms with Crippen LogP contribution in [-0.4, -0.2) is 24.8 Å². The summed E-state index contributed by atoms with van der Waals surface area (Å²) in [5, 5.41) is 0. The lowest BCUT2D eigenvalue weighted by atomic mass is 10.0. The summed E-state index contributed by atoms with van der Waals surface area (Å²) in [6, 6.07) is 3.36. The van der Waals surface area contributed by atoms with E-state index in [9.17, 15) is 14.4 Å². The molecule has 6 heteroatoms. The normalized spacial score (nSPS) is 14.3. The van der Waals surface area contributed by atoms with Gasteiger partial charge in [0.05, 0.1) is 11.3 Å². The fourth-order valence-corrected chi connectivity index (χ4v) is 2.59. The van der Waals surface area contributed by atoms with Gasteiger partial charge in [-0.3, -0.25) is 14.4 Å². The molecule has 0 bridgehead atoms. The van der Waals surface area contributed by atoms with Gasteiger partial charge in [0.25, 0.3) is 12.4 Å². The van der Waals surface area contributed by atoms with Gasteiger partial charge >= 0.3 is 0 Å². The maximum absolute atomic E-state index is 11.9. The lowest BCUT2D eigenvalue weighted by Gasteiger charge is -2.22. The summed E-state index contributed by atoms with van der Waals surface area (Å²) in [4.78, 5) is 35.9. The number of benzene rings is 1. The molecular weight excluding hydrogens is 272 g/mol. The van der Waals surface area contributed by atoms with E-state index in [1.54, 1.807) is 12.1 Å². The Bertz CT molecular complexity index is 583. The van der Waals surface area contributed by atoms with Gasteiger partial charge in [0, 0.05) is 13.0 Å². The number of nitrogens with two attached hydrogens (primary N) is 1. The van der Waals surface area contributed by atoms with Gasteiger partial charge in [0.2, 0.25) is 5.91 Å². The number of anilines is 1. The smallest absolute Gasteiger partial charge is 0.298 e. The third kappa shape index (κ3) is 3.04. The fraction of sp³-hybridized carbons (Fsp3) is 0.400. The molecule has 112 valence electrons. The van der Waals surface area contributed by atoms with Crippen LogP contribution in [0.15, 0.2) is 12.1 Å². The van der Waals surface area contributed by atoms with Gasteiger partial charge in [-0.15, -0.1) is 0 Å². The predicted octanol–water partition coefficient (Wildman–Crippen LogP) is 1.40. The van der Waals surface area contributed by atoms with E-state index in [1.807, 2.05) is 6.92 Å². The minimum atomic E-state index is -0.640. The summed E-state index contributed by atoms with van der Waals surface area (Å²) in [5.41, 5.74) is 6.80. The lowest BCUT2D eigenvalue weighted by Crippen LogP contribution is -2.28. The highest BCUT2D eigenvalue weighted by Crippen LogP contribution is 2.36. The number of amides is 2. The molecule has 1 aromatic rings. The fourth-order valence-electron chi connectivity index (χ4n) is 2.59. The van der Waals surface area contributed by atoms with Gasteiger partial charge in [-0.1, -0.05) is 13.3 Å². The number of primary amides is 1. The predicted molar refractivity (Wildman–Crippen MR) is 77.2 cm³/mol. The van der Waals surface area contributed by atoms with Crippen LogP contribution in [0.1, 0.15) is 42.1 Å². The molecule has 1 aromatic carbocycles. The van der Waals surface area contributed by atoms with E-state index in [0.29, 0.717) is 31.5 Å². The Labute approximate surface area is 122 Å². The Kier molecular flexibility index (Phi) is 4.57. The number of carbonyl (C=O) groups excluding carboxylic acids is 3. The van der Waals surface area contributed by atoms with Crippen molar-refractivity contribution in [1.29, 1.82) is 0 Å². The molecule has 0 aromatic heterocycles. The van der Waals surface area contributed by atoms with Crippen LogP contribution in [0.4, 0.5) is 5.69 Å². The van der Waals surface area contributed by atoms with Crippen molar-refractivity contribution in [1.82, 2.24) is 0 Å². The second-order valence-corrected chi connectivity index (χ2v) is 4.97. The van der Waals surface area contributed by atoms with Crippen molar-refractivity contribution in [3.8, 4) is 5.75 Å². The molecular formula is C15H18N2O4. The minimum Gasteiger partial charge on any atom is -0.426 e. The molecule has 6 nitrogen and oxygen atoms in total. The number of hydrogen-bond acceptors (Lipinski definition) is 4. The summed E-state index contributed by atoms with van der Waals surface area (Å²) in [6.07, 6.45) is 2.72. The van der Waals surface area contributed by atoms with E-state index in [0.717, 1.165) is 18.4 Å². The van der Waals surface area contributed by atoms with Crippen LogP contribution in [0.25, 0.3) is 0 Å². The van der Waals surface area contributed by atoms with Gasteiger partial charge in [-0.2, -0.15) is 0 Å². The number of aryl methyl sites for hydroxylation is 1. The van der Waals surface area contributed by atoms with E-state index < -0.39 is 5.91 Å². The van der Waals surface area contributed by atoms with Crippen molar-refractivity contribution in [2.75, 3.05) is 11.4 Å². The van der Waals surface area contributed by atoms with Crippen molar-refractivity contribution < 1.29 is 19.1 Å². The molecule has 0 unspecified atom stereocenters. The second kappa shape index (κ2) is 6.39. The van der Waals surface area contributed by atoms with Crippen LogP contribution in [-0.2, 0) is 16.0 Å². The van der Waals surface area contributed by atoms with E-state index in [2.05, 4.69) is 0 Å². The molecule has 2 N–H and O–H groups in total. The Hall–Kier alpha value is -2.37. The largest absolute Gasteiger partial charge is 0.426 e. The first-order valence-corrected chi connectivity index (χ1v) is 6.95. The highest BCUT2D eigenvalue weighted by molar-refractivity contribution is 6.07. The third-order valence-electron chi connectivity index (χ3n) is 3.46. The average Bonchev–Trinajstić information content (AvgIpc) is 2.85.